The number of H-pyrrole nitrogens is 1. The molecule has 3 N–H and O–H groups in total. The lowest BCUT2D eigenvalue weighted by molar-refractivity contribution is -0.128. The van der Waals surface area contributed by atoms with Gasteiger partial charge in [0, 0.05) is 24.8 Å². The summed E-state index contributed by atoms with van der Waals surface area (Å²) in [5, 5.41) is 13.4. The van der Waals surface area contributed by atoms with Crippen molar-refractivity contribution < 1.29 is 14.3 Å². The van der Waals surface area contributed by atoms with Crippen molar-refractivity contribution in [2.24, 2.45) is 11.3 Å². The van der Waals surface area contributed by atoms with Crippen LogP contribution in [0.15, 0.2) is 17.8 Å². The quantitative estimate of drug-likeness (QED) is 0.574. The minimum atomic E-state index is -0.530. The van der Waals surface area contributed by atoms with Crippen LogP contribution in [0.4, 0.5) is 0 Å². The van der Waals surface area contributed by atoms with E-state index < -0.39 is 5.41 Å². The number of carbonyl (C=O) groups is 2. The van der Waals surface area contributed by atoms with E-state index in [1.807, 2.05) is 31.8 Å². The molecule has 3 atom stereocenters. The highest BCUT2D eigenvalue weighted by atomic mass is 32.2. The zero-order valence-corrected chi connectivity index (χ0v) is 18.6. The van der Waals surface area contributed by atoms with Crippen LogP contribution in [0.3, 0.4) is 0 Å². The number of rotatable bonds is 7. The highest BCUT2D eigenvalue weighted by molar-refractivity contribution is 7.99. The molecule has 0 saturated carbocycles. The summed E-state index contributed by atoms with van der Waals surface area (Å²) in [7, 11) is 0. The molecule has 7 nitrogen and oxygen atoms in total. The van der Waals surface area contributed by atoms with Gasteiger partial charge in [0.15, 0.2) is 0 Å². The summed E-state index contributed by atoms with van der Waals surface area (Å²) < 4.78 is 5.57. The van der Waals surface area contributed by atoms with Crippen LogP contribution in [0, 0.1) is 11.3 Å². The van der Waals surface area contributed by atoms with Gasteiger partial charge in [-0.15, -0.1) is 0 Å². The van der Waals surface area contributed by atoms with Crippen LogP contribution in [0.5, 0.6) is 0 Å². The summed E-state index contributed by atoms with van der Waals surface area (Å²) in [4.78, 5) is 26.1. The van der Waals surface area contributed by atoms with Crippen LogP contribution in [0.1, 0.15) is 50.3 Å². The molecule has 1 fully saturated rings. The van der Waals surface area contributed by atoms with Gasteiger partial charge in [0.05, 0.1) is 35.9 Å². The summed E-state index contributed by atoms with van der Waals surface area (Å²) in [5.41, 5.74) is 2.74. The summed E-state index contributed by atoms with van der Waals surface area (Å²) >= 11 is 1.90. The minimum Gasteiger partial charge on any atom is -0.381 e. The molecule has 2 aliphatic heterocycles. The number of carbonyl (C=O) groups excluding carboxylic acids is 2. The molecule has 3 unspecified atom stereocenters. The molecule has 0 aromatic carbocycles. The van der Waals surface area contributed by atoms with Crippen molar-refractivity contribution in [1.29, 1.82) is 0 Å². The highest BCUT2D eigenvalue weighted by Crippen LogP contribution is 2.34. The highest BCUT2D eigenvalue weighted by Gasteiger charge is 2.36. The Morgan fingerprint density at radius 3 is 2.97 bits per heavy atom. The number of aromatic amines is 1. The van der Waals surface area contributed by atoms with Gasteiger partial charge in [0.1, 0.15) is 0 Å². The van der Waals surface area contributed by atoms with E-state index in [1.54, 1.807) is 0 Å². The number of hydrogen-bond donors (Lipinski definition) is 3. The second kappa shape index (κ2) is 9.14. The van der Waals surface area contributed by atoms with E-state index in [4.69, 9.17) is 4.74 Å². The molecule has 164 valence electrons. The molecule has 1 saturated heterocycles. The van der Waals surface area contributed by atoms with E-state index in [0.717, 1.165) is 48.4 Å². The van der Waals surface area contributed by atoms with E-state index in [-0.39, 0.29) is 29.7 Å². The number of aromatic nitrogens is 2. The number of thioether (sulfide) groups is 1. The van der Waals surface area contributed by atoms with E-state index in [9.17, 15) is 9.59 Å². The number of amides is 2. The summed E-state index contributed by atoms with van der Waals surface area (Å²) in [6.07, 6.45) is 7.53. The van der Waals surface area contributed by atoms with Crippen LogP contribution in [0.25, 0.3) is 0 Å². The largest absolute Gasteiger partial charge is 0.381 e. The maximum atomic E-state index is 13.0. The molecule has 30 heavy (non-hydrogen) atoms. The fraction of sp³-hybridized carbons (Fsp3) is 0.682. The van der Waals surface area contributed by atoms with Crippen molar-refractivity contribution in [3.8, 4) is 0 Å². The molecule has 8 heteroatoms. The fourth-order valence-corrected chi connectivity index (χ4v) is 5.53. The Morgan fingerprint density at radius 1 is 1.37 bits per heavy atom. The Kier molecular flexibility index (Phi) is 6.53. The summed E-state index contributed by atoms with van der Waals surface area (Å²) in [6.45, 7) is 5.73. The molecular formula is C22H32N4O3S. The topological polar surface area (TPSA) is 96.1 Å². The molecule has 1 aromatic rings. The van der Waals surface area contributed by atoms with Crippen LogP contribution in [-0.4, -0.2) is 59.3 Å². The molecule has 3 aliphatic rings. The Labute approximate surface area is 182 Å². The molecule has 0 bridgehead atoms. The monoisotopic (exact) mass is 432 g/mol. The number of ether oxygens (including phenoxy) is 1. The third-order valence-electron chi connectivity index (χ3n) is 6.80. The number of nitrogens with zero attached hydrogens (tertiary/aromatic N) is 1. The second-order valence-corrected chi connectivity index (χ2v) is 10.2. The zero-order valence-electron chi connectivity index (χ0n) is 17.8. The Balaban J connectivity index is 1.39. The Bertz CT molecular complexity index is 813. The summed E-state index contributed by atoms with van der Waals surface area (Å²) in [6, 6.07) is -0.136. The molecule has 3 heterocycles. The Hall–Kier alpha value is -1.80. The molecule has 4 rings (SSSR count). The smallest absolute Gasteiger partial charge is 0.229 e. The van der Waals surface area contributed by atoms with E-state index in [2.05, 4.69) is 26.9 Å². The first-order valence-corrected chi connectivity index (χ1v) is 12.1. The van der Waals surface area contributed by atoms with Crippen molar-refractivity contribution in [2.45, 2.75) is 51.5 Å². The predicted molar refractivity (Wildman–Crippen MR) is 117 cm³/mol. The Morgan fingerprint density at radius 2 is 2.23 bits per heavy atom. The normalized spacial score (nSPS) is 24.8. The second-order valence-electron chi connectivity index (χ2n) is 9.03. The SMILES string of the molecule is CC(C)(C(=O)NCC(NC(=O)C1CCc2cn[nH]c21)C1CCOC1)C1=CCSCC1. The van der Waals surface area contributed by atoms with Crippen LogP contribution >= 0.6 is 11.8 Å². The maximum absolute atomic E-state index is 13.0. The molecule has 0 radical (unpaired) electrons. The van der Waals surface area contributed by atoms with Gasteiger partial charge in [-0.3, -0.25) is 14.7 Å². The molecule has 0 spiro atoms. The molecule has 2 amide bonds. The van der Waals surface area contributed by atoms with Crippen molar-refractivity contribution in [3.05, 3.63) is 29.1 Å². The van der Waals surface area contributed by atoms with Gasteiger partial charge in [-0.2, -0.15) is 16.9 Å². The first kappa shape index (κ1) is 21.4. The number of hydrogen-bond acceptors (Lipinski definition) is 5. The number of fused-ring (bicyclic) bond motifs is 1. The number of nitrogens with one attached hydrogen (secondary N) is 3. The molecule has 1 aromatic heterocycles. The van der Waals surface area contributed by atoms with Gasteiger partial charge < -0.3 is 15.4 Å². The first-order chi connectivity index (χ1) is 14.5. The maximum Gasteiger partial charge on any atom is 0.229 e. The van der Waals surface area contributed by atoms with Crippen molar-refractivity contribution in [2.75, 3.05) is 31.3 Å². The van der Waals surface area contributed by atoms with Gasteiger partial charge in [0.2, 0.25) is 11.8 Å². The lowest BCUT2D eigenvalue weighted by Crippen LogP contribution is -2.51. The van der Waals surface area contributed by atoms with Crippen LogP contribution in [0.2, 0.25) is 0 Å². The summed E-state index contributed by atoms with van der Waals surface area (Å²) in [5.74, 6) is 2.10. The van der Waals surface area contributed by atoms with Crippen LogP contribution in [-0.2, 0) is 20.7 Å². The zero-order chi connectivity index (χ0) is 21.1. The van der Waals surface area contributed by atoms with Gasteiger partial charge in [-0.25, -0.2) is 0 Å². The lowest BCUT2D eigenvalue weighted by atomic mass is 9.81. The van der Waals surface area contributed by atoms with Gasteiger partial charge in [-0.05, 0) is 50.8 Å². The molecular weight excluding hydrogens is 400 g/mol. The standard InChI is InChI=1S/C22H32N4O3S/c1-22(2,16-6-9-30-10-7-16)21(28)23-12-18(15-5-8-29-13-15)25-20(27)17-4-3-14-11-24-26-19(14)17/h6,11,15,17-18H,3-5,7-10,12-13H2,1-2H3,(H,23,28)(H,24,26)(H,25,27). The third kappa shape index (κ3) is 4.44. The van der Waals surface area contributed by atoms with E-state index >= 15 is 0 Å². The van der Waals surface area contributed by atoms with E-state index in [1.165, 1.54) is 5.57 Å². The van der Waals surface area contributed by atoms with Crippen LogP contribution < -0.4 is 10.6 Å². The average molecular weight is 433 g/mol. The van der Waals surface area contributed by atoms with Gasteiger partial charge in [0.25, 0.3) is 0 Å². The minimum absolute atomic E-state index is 0.00965. The van der Waals surface area contributed by atoms with Crippen molar-refractivity contribution in [3.63, 3.8) is 0 Å². The van der Waals surface area contributed by atoms with E-state index in [0.29, 0.717) is 19.8 Å². The van der Waals surface area contributed by atoms with Crippen molar-refractivity contribution in [1.82, 2.24) is 20.8 Å². The fourth-order valence-electron chi connectivity index (χ4n) is 4.68. The third-order valence-corrected chi connectivity index (χ3v) is 7.69. The molecule has 1 aliphatic carbocycles. The van der Waals surface area contributed by atoms with Crippen molar-refractivity contribution >= 4 is 23.6 Å². The van der Waals surface area contributed by atoms with Gasteiger partial charge in [-0.1, -0.05) is 11.6 Å². The average Bonchev–Trinajstić information content (AvgIpc) is 3.49. The number of aryl methyl sites for hydroxylation is 1. The van der Waals surface area contributed by atoms with Gasteiger partial charge >= 0.3 is 0 Å². The first-order valence-electron chi connectivity index (χ1n) is 10.9. The predicted octanol–water partition coefficient (Wildman–Crippen LogP) is 2.17. The lowest BCUT2D eigenvalue weighted by Gasteiger charge is -2.31.